The van der Waals surface area contributed by atoms with Crippen molar-refractivity contribution < 1.29 is 9.47 Å². The van der Waals surface area contributed by atoms with E-state index >= 15 is 0 Å². The number of nitrogens with zero attached hydrogens (tertiary/aromatic N) is 3. The SMILES string of the molecule is CN=C(NCCN(C)CCOC)NCCN1CCOCC1. The Hall–Kier alpha value is -0.890. The fourth-order valence-corrected chi connectivity index (χ4v) is 2.10. The number of likely N-dealkylation sites (N-methyl/N-ethyl adjacent to an activating group) is 1. The Balaban J connectivity index is 2.05. The van der Waals surface area contributed by atoms with Crippen LogP contribution in [-0.4, -0.2) is 103 Å². The molecule has 2 N–H and O–H groups in total. The largest absolute Gasteiger partial charge is 0.383 e. The minimum Gasteiger partial charge on any atom is -0.383 e. The molecule has 0 bridgehead atoms. The van der Waals surface area contributed by atoms with E-state index in [0.29, 0.717) is 0 Å². The van der Waals surface area contributed by atoms with Crippen molar-refractivity contribution in [2.45, 2.75) is 0 Å². The number of guanidine groups is 1. The van der Waals surface area contributed by atoms with Gasteiger partial charge in [0, 0.05) is 60.0 Å². The number of ether oxygens (including phenoxy) is 2. The minimum absolute atomic E-state index is 0.767. The molecule has 0 aromatic carbocycles. The second-order valence-electron chi connectivity index (χ2n) is 5.18. The van der Waals surface area contributed by atoms with E-state index < -0.39 is 0 Å². The lowest BCUT2D eigenvalue weighted by Gasteiger charge is -2.26. The first-order valence-electron chi connectivity index (χ1n) is 7.68. The molecule has 0 unspecified atom stereocenters. The first-order valence-corrected chi connectivity index (χ1v) is 7.68. The van der Waals surface area contributed by atoms with E-state index in [-0.39, 0.29) is 0 Å². The number of aliphatic imine (C=N–C) groups is 1. The van der Waals surface area contributed by atoms with Gasteiger partial charge in [-0.2, -0.15) is 0 Å². The third-order valence-electron chi connectivity index (χ3n) is 3.51. The smallest absolute Gasteiger partial charge is 0.191 e. The second-order valence-corrected chi connectivity index (χ2v) is 5.18. The first kappa shape index (κ1) is 18.2. The van der Waals surface area contributed by atoms with E-state index in [9.17, 15) is 0 Å². The van der Waals surface area contributed by atoms with Crippen molar-refractivity contribution in [1.82, 2.24) is 20.4 Å². The Labute approximate surface area is 128 Å². The molecule has 1 aliphatic rings. The third-order valence-corrected chi connectivity index (χ3v) is 3.51. The van der Waals surface area contributed by atoms with E-state index in [1.54, 1.807) is 14.2 Å². The van der Waals surface area contributed by atoms with Gasteiger partial charge < -0.3 is 25.0 Å². The lowest BCUT2D eigenvalue weighted by molar-refractivity contribution is 0.0389. The molecule has 0 atom stereocenters. The molecule has 124 valence electrons. The van der Waals surface area contributed by atoms with Crippen molar-refractivity contribution in [2.75, 3.05) is 86.8 Å². The molecule has 21 heavy (non-hydrogen) atoms. The number of morpholine rings is 1. The minimum atomic E-state index is 0.767. The number of rotatable bonds is 9. The molecule has 0 saturated carbocycles. The van der Waals surface area contributed by atoms with Crippen LogP contribution in [0.1, 0.15) is 0 Å². The van der Waals surface area contributed by atoms with Crippen LogP contribution in [0.25, 0.3) is 0 Å². The maximum Gasteiger partial charge on any atom is 0.191 e. The van der Waals surface area contributed by atoms with Crippen LogP contribution in [0.4, 0.5) is 0 Å². The van der Waals surface area contributed by atoms with Crippen molar-refractivity contribution in [2.24, 2.45) is 4.99 Å². The number of nitrogens with one attached hydrogen (secondary N) is 2. The monoisotopic (exact) mass is 301 g/mol. The lowest BCUT2D eigenvalue weighted by atomic mass is 10.4. The zero-order valence-electron chi connectivity index (χ0n) is 13.7. The van der Waals surface area contributed by atoms with Crippen LogP contribution in [0, 0.1) is 0 Å². The predicted molar refractivity (Wildman–Crippen MR) is 86.0 cm³/mol. The maximum absolute atomic E-state index is 5.34. The van der Waals surface area contributed by atoms with Gasteiger partial charge in [0.05, 0.1) is 19.8 Å². The average Bonchev–Trinajstić information content (AvgIpc) is 2.52. The van der Waals surface area contributed by atoms with Crippen LogP contribution in [0.5, 0.6) is 0 Å². The van der Waals surface area contributed by atoms with Crippen LogP contribution >= 0.6 is 0 Å². The van der Waals surface area contributed by atoms with Crippen molar-refractivity contribution in [3.05, 3.63) is 0 Å². The van der Waals surface area contributed by atoms with Crippen molar-refractivity contribution in [1.29, 1.82) is 0 Å². The summed E-state index contributed by atoms with van der Waals surface area (Å²) in [6, 6.07) is 0. The van der Waals surface area contributed by atoms with Crippen LogP contribution in [0.2, 0.25) is 0 Å². The molecule has 1 rings (SSSR count). The van der Waals surface area contributed by atoms with Crippen molar-refractivity contribution in [3.8, 4) is 0 Å². The summed E-state index contributed by atoms with van der Waals surface area (Å²) in [5, 5.41) is 6.67. The zero-order chi connectivity index (χ0) is 15.3. The zero-order valence-corrected chi connectivity index (χ0v) is 13.7. The molecule has 0 amide bonds. The summed E-state index contributed by atoms with van der Waals surface area (Å²) in [5.74, 6) is 0.864. The molecule has 1 aliphatic heterocycles. The second kappa shape index (κ2) is 11.7. The van der Waals surface area contributed by atoms with Gasteiger partial charge in [-0.1, -0.05) is 0 Å². The molecule has 0 spiro atoms. The summed E-state index contributed by atoms with van der Waals surface area (Å²) in [7, 11) is 5.63. The third kappa shape index (κ3) is 8.87. The summed E-state index contributed by atoms with van der Waals surface area (Å²) >= 11 is 0. The van der Waals surface area contributed by atoms with Crippen LogP contribution in [-0.2, 0) is 9.47 Å². The van der Waals surface area contributed by atoms with E-state index in [1.807, 2.05) is 0 Å². The molecule has 1 fully saturated rings. The quantitative estimate of drug-likeness (QED) is 0.423. The average molecular weight is 301 g/mol. The molecular formula is C14H31N5O2. The van der Waals surface area contributed by atoms with Gasteiger partial charge in [0.15, 0.2) is 5.96 Å². The normalized spacial score (nSPS) is 17.2. The summed E-state index contributed by atoms with van der Waals surface area (Å²) in [5.41, 5.74) is 0. The highest BCUT2D eigenvalue weighted by Gasteiger charge is 2.09. The van der Waals surface area contributed by atoms with E-state index in [0.717, 1.165) is 71.6 Å². The van der Waals surface area contributed by atoms with E-state index in [1.165, 1.54) is 0 Å². The highest BCUT2D eigenvalue weighted by molar-refractivity contribution is 5.79. The highest BCUT2D eigenvalue weighted by atomic mass is 16.5. The molecule has 0 aromatic heterocycles. The van der Waals surface area contributed by atoms with Gasteiger partial charge in [0.25, 0.3) is 0 Å². The first-order chi connectivity index (χ1) is 10.3. The van der Waals surface area contributed by atoms with Crippen LogP contribution in [0.3, 0.4) is 0 Å². The fourth-order valence-electron chi connectivity index (χ4n) is 2.10. The fraction of sp³-hybridized carbons (Fsp3) is 0.929. The summed E-state index contributed by atoms with van der Waals surface area (Å²) in [6.45, 7) is 9.23. The number of methoxy groups -OCH3 is 1. The molecule has 0 radical (unpaired) electrons. The number of hydrogen-bond donors (Lipinski definition) is 2. The van der Waals surface area contributed by atoms with Gasteiger partial charge in [-0.25, -0.2) is 0 Å². The Bertz CT molecular complexity index is 283. The van der Waals surface area contributed by atoms with Gasteiger partial charge in [-0.15, -0.1) is 0 Å². The molecule has 7 nitrogen and oxygen atoms in total. The van der Waals surface area contributed by atoms with Gasteiger partial charge >= 0.3 is 0 Å². The topological polar surface area (TPSA) is 61.4 Å². The molecule has 7 heteroatoms. The van der Waals surface area contributed by atoms with Gasteiger partial charge in [0.2, 0.25) is 0 Å². The Kier molecular flexibility index (Phi) is 10.1. The highest BCUT2D eigenvalue weighted by Crippen LogP contribution is 1.94. The molecule has 0 aromatic rings. The van der Waals surface area contributed by atoms with Crippen LogP contribution in [0.15, 0.2) is 4.99 Å². The predicted octanol–water partition coefficient (Wildman–Crippen LogP) is -0.938. The number of hydrogen-bond acceptors (Lipinski definition) is 5. The Morgan fingerprint density at radius 2 is 1.95 bits per heavy atom. The van der Waals surface area contributed by atoms with E-state index in [4.69, 9.17) is 9.47 Å². The Morgan fingerprint density at radius 3 is 2.62 bits per heavy atom. The van der Waals surface area contributed by atoms with E-state index in [2.05, 4.69) is 32.5 Å². The molecule has 1 saturated heterocycles. The summed E-state index contributed by atoms with van der Waals surface area (Å²) < 4.78 is 10.4. The molecular weight excluding hydrogens is 270 g/mol. The maximum atomic E-state index is 5.34. The lowest BCUT2D eigenvalue weighted by Crippen LogP contribution is -2.45. The summed E-state index contributed by atoms with van der Waals surface area (Å²) in [6.07, 6.45) is 0. The van der Waals surface area contributed by atoms with Crippen molar-refractivity contribution in [3.63, 3.8) is 0 Å². The van der Waals surface area contributed by atoms with Crippen molar-refractivity contribution >= 4 is 5.96 Å². The standard InChI is InChI=1S/C14H31N5O2/c1-15-14(16-4-6-18(2)8-11-20-3)17-5-7-19-9-12-21-13-10-19/h4-13H2,1-3H3,(H2,15,16,17). The van der Waals surface area contributed by atoms with Crippen LogP contribution < -0.4 is 10.6 Å². The summed E-state index contributed by atoms with van der Waals surface area (Å²) in [4.78, 5) is 8.88. The molecule has 1 heterocycles. The molecule has 0 aliphatic carbocycles. The Morgan fingerprint density at radius 1 is 1.24 bits per heavy atom. The van der Waals surface area contributed by atoms with Gasteiger partial charge in [-0.05, 0) is 7.05 Å². The van der Waals surface area contributed by atoms with Gasteiger partial charge in [0.1, 0.15) is 0 Å². The van der Waals surface area contributed by atoms with Gasteiger partial charge in [-0.3, -0.25) is 9.89 Å².